The largest absolute Gasteiger partial charge is 0.368 e. The van der Waals surface area contributed by atoms with Crippen molar-refractivity contribution in [3.05, 3.63) is 64.7 Å². The van der Waals surface area contributed by atoms with Gasteiger partial charge in [0.25, 0.3) is 0 Å². The molecule has 0 atom stereocenters. The van der Waals surface area contributed by atoms with Gasteiger partial charge >= 0.3 is 0 Å². The maximum Gasteiger partial charge on any atom is 0.129 e. The smallest absolute Gasteiger partial charge is 0.129 e. The summed E-state index contributed by atoms with van der Waals surface area (Å²) in [6.45, 7) is 8.31. The number of nitrogens with zero attached hydrogens (tertiary/aromatic N) is 3. The number of hydrogen-bond acceptors (Lipinski definition) is 3. The van der Waals surface area contributed by atoms with E-state index in [2.05, 4.69) is 60.0 Å². The summed E-state index contributed by atoms with van der Waals surface area (Å²) < 4.78 is 0. The second kappa shape index (κ2) is 6.57. The minimum absolute atomic E-state index is 0.737. The van der Waals surface area contributed by atoms with Gasteiger partial charge in [-0.2, -0.15) is 0 Å². The summed E-state index contributed by atoms with van der Waals surface area (Å²) in [7, 11) is 0. The van der Waals surface area contributed by atoms with Crippen molar-refractivity contribution in [2.45, 2.75) is 13.8 Å². The van der Waals surface area contributed by atoms with Gasteiger partial charge in [-0.25, -0.2) is 4.98 Å². The summed E-state index contributed by atoms with van der Waals surface area (Å²) >= 11 is 6.15. The second-order valence-electron chi connectivity index (χ2n) is 6.72. The number of benzene rings is 2. The summed E-state index contributed by atoms with van der Waals surface area (Å²) in [5.74, 6) is 1.05. The van der Waals surface area contributed by atoms with Gasteiger partial charge in [0.05, 0.1) is 5.52 Å². The van der Waals surface area contributed by atoms with E-state index in [1.807, 2.05) is 12.1 Å². The van der Waals surface area contributed by atoms with Gasteiger partial charge < -0.3 is 9.80 Å². The van der Waals surface area contributed by atoms with E-state index in [-0.39, 0.29) is 0 Å². The molecule has 0 aliphatic carbocycles. The van der Waals surface area contributed by atoms with Gasteiger partial charge in [-0.05, 0) is 49.2 Å². The van der Waals surface area contributed by atoms with E-state index in [9.17, 15) is 0 Å². The molecular weight excluding hydrogens is 330 g/mol. The molecule has 25 heavy (non-hydrogen) atoms. The lowest BCUT2D eigenvalue weighted by Gasteiger charge is -2.37. The first-order valence-electron chi connectivity index (χ1n) is 8.74. The number of halogens is 1. The predicted molar refractivity (Wildman–Crippen MR) is 107 cm³/mol. The molecule has 3 aromatic rings. The van der Waals surface area contributed by atoms with Crippen molar-refractivity contribution in [3.8, 4) is 0 Å². The first-order chi connectivity index (χ1) is 12.1. The third kappa shape index (κ3) is 3.16. The first-order valence-corrected chi connectivity index (χ1v) is 9.12. The van der Waals surface area contributed by atoms with Crippen molar-refractivity contribution in [2.75, 3.05) is 36.0 Å². The molecule has 3 nitrogen and oxygen atoms in total. The van der Waals surface area contributed by atoms with Gasteiger partial charge in [0.1, 0.15) is 5.82 Å². The van der Waals surface area contributed by atoms with Crippen LogP contribution in [0.3, 0.4) is 0 Å². The highest BCUT2D eigenvalue weighted by Gasteiger charge is 2.20. The molecule has 0 N–H and O–H groups in total. The molecule has 1 aliphatic heterocycles. The molecule has 128 valence electrons. The van der Waals surface area contributed by atoms with Gasteiger partial charge in [0.2, 0.25) is 0 Å². The molecule has 0 bridgehead atoms. The number of anilines is 2. The van der Waals surface area contributed by atoms with Crippen molar-refractivity contribution in [2.24, 2.45) is 0 Å². The SMILES string of the molecule is Cc1ccccc1N1CCN(c2cc(C)c3ccc(Cl)cc3n2)CC1. The second-order valence-corrected chi connectivity index (χ2v) is 7.16. The molecule has 0 saturated carbocycles. The van der Waals surface area contributed by atoms with Crippen LogP contribution in [0, 0.1) is 13.8 Å². The van der Waals surface area contributed by atoms with Crippen LogP contribution in [0.15, 0.2) is 48.5 Å². The Bertz CT molecular complexity index is 914. The fraction of sp³-hybridized carbons (Fsp3) is 0.286. The summed E-state index contributed by atoms with van der Waals surface area (Å²) in [6.07, 6.45) is 0. The summed E-state index contributed by atoms with van der Waals surface area (Å²) in [5, 5.41) is 1.91. The Morgan fingerprint density at radius 3 is 2.32 bits per heavy atom. The molecule has 1 saturated heterocycles. The van der Waals surface area contributed by atoms with E-state index in [1.165, 1.54) is 22.2 Å². The van der Waals surface area contributed by atoms with E-state index < -0.39 is 0 Å². The Hall–Kier alpha value is -2.26. The van der Waals surface area contributed by atoms with Crippen molar-refractivity contribution >= 4 is 34.0 Å². The third-order valence-electron chi connectivity index (χ3n) is 5.03. The number of para-hydroxylation sites is 1. The fourth-order valence-corrected chi connectivity index (χ4v) is 3.78. The van der Waals surface area contributed by atoms with Crippen LogP contribution < -0.4 is 9.80 Å². The van der Waals surface area contributed by atoms with E-state index in [0.29, 0.717) is 0 Å². The Morgan fingerprint density at radius 1 is 0.840 bits per heavy atom. The van der Waals surface area contributed by atoms with E-state index in [0.717, 1.165) is 42.5 Å². The number of fused-ring (bicyclic) bond motifs is 1. The molecule has 2 aromatic carbocycles. The normalized spacial score (nSPS) is 15.0. The number of aromatic nitrogens is 1. The number of piperazine rings is 1. The quantitative estimate of drug-likeness (QED) is 0.659. The highest BCUT2D eigenvalue weighted by molar-refractivity contribution is 6.31. The zero-order valence-electron chi connectivity index (χ0n) is 14.7. The molecule has 1 aliphatic rings. The number of hydrogen-bond donors (Lipinski definition) is 0. The lowest BCUT2D eigenvalue weighted by atomic mass is 10.1. The molecule has 1 fully saturated rings. The Balaban J connectivity index is 1.56. The highest BCUT2D eigenvalue weighted by atomic mass is 35.5. The molecule has 0 unspecified atom stereocenters. The Morgan fingerprint density at radius 2 is 1.56 bits per heavy atom. The summed E-state index contributed by atoms with van der Waals surface area (Å²) in [5.41, 5.74) is 4.91. The minimum Gasteiger partial charge on any atom is -0.368 e. The van der Waals surface area contributed by atoms with Gasteiger partial charge in [0, 0.05) is 42.3 Å². The average molecular weight is 352 g/mol. The van der Waals surface area contributed by atoms with Crippen LogP contribution in [0.4, 0.5) is 11.5 Å². The van der Waals surface area contributed by atoms with Gasteiger partial charge in [-0.1, -0.05) is 35.9 Å². The first kappa shape index (κ1) is 16.2. The van der Waals surface area contributed by atoms with Crippen molar-refractivity contribution in [1.82, 2.24) is 4.98 Å². The van der Waals surface area contributed by atoms with Crippen molar-refractivity contribution in [3.63, 3.8) is 0 Å². The standard InChI is InChI=1S/C21H22ClN3/c1-15-5-3-4-6-20(15)24-9-11-25(12-10-24)21-13-16(2)18-8-7-17(22)14-19(18)23-21/h3-8,13-14H,9-12H2,1-2H3. The molecule has 4 rings (SSSR count). The zero-order valence-corrected chi connectivity index (χ0v) is 15.4. The summed E-state index contributed by atoms with van der Waals surface area (Å²) in [6, 6.07) is 16.7. The molecule has 0 amide bonds. The summed E-state index contributed by atoms with van der Waals surface area (Å²) in [4.78, 5) is 9.70. The van der Waals surface area contributed by atoms with Crippen LogP contribution >= 0.6 is 11.6 Å². The Labute approximate surface area is 153 Å². The number of aryl methyl sites for hydroxylation is 2. The fourth-order valence-electron chi connectivity index (χ4n) is 3.61. The Kier molecular flexibility index (Phi) is 4.26. The lowest BCUT2D eigenvalue weighted by Crippen LogP contribution is -2.47. The van der Waals surface area contributed by atoms with E-state index in [1.54, 1.807) is 0 Å². The molecule has 2 heterocycles. The van der Waals surface area contributed by atoms with Crippen LogP contribution in [0.2, 0.25) is 5.02 Å². The third-order valence-corrected chi connectivity index (χ3v) is 5.26. The van der Waals surface area contributed by atoms with Crippen LogP contribution in [-0.4, -0.2) is 31.2 Å². The molecule has 1 aromatic heterocycles. The highest BCUT2D eigenvalue weighted by Crippen LogP contribution is 2.27. The van der Waals surface area contributed by atoms with Gasteiger partial charge in [-0.3, -0.25) is 0 Å². The van der Waals surface area contributed by atoms with Crippen molar-refractivity contribution in [1.29, 1.82) is 0 Å². The number of rotatable bonds is 2. The predicted octanol–water partition coefficient (Wildman–Crippen LogP) is 4.83. The van der Waals surface area contributed by atoms with Crippen LogP contribution in [0.5, 0.6) is 0 Å². The average Bonchev–Trinajstić information content (AvgIpc) is 2.62. The number of pyridine rings is 1. The molecule has 0 radical (unpaired) electrons. The van der Waals surface area contributed by atoms with Crippen LogP contribution in [0.1, 0.15) is 11.1 Å². The zero-order chi connectivity index (χ0) is 17.4. The minimum atomic E-state index is 0.737. The maximum absolute atomic E-state index is 6.15. The lowest BCUT2D eigenvalue weighted by molar-refractivity contribution is 0.647. The van der Waals surface area contributed by atoms with Crippen LogP contribution in [0.25, 0.3) is 10.9 Å². The topological polar surface area (TPSA) is 19.4 Å². The van der Waals surface area contributed by atoms with E-state index >= 15 is 0 Å². The molecular formula is C21H22ClN3. The van der Waals surface area contributed by atoms with Crippen LogP contribution in [-0.2, 0) is 0 Å². The van der Waals surface area contributed by atoms with Crippen molar-refractivity contribution < 1.29 is 0 Å². The molecule has 0 spiro atoms. The monoisotopic (exact) mass is 351 g/mol. The maximum atomic E-state index is 6.15. The van der Waals surface area contributed by atoms with Gasteiger partial charge in [0.15, 0.2) is 0 Å². The van der Waals surface area contributed by atoms with E-state index in [4.69, 9.17) is 16.6 Å². The van der Waals surface area contributed by atoms with Gasteiger partial charge in [-0.15, -0.1) is 0 Å². The molecule has 4 heteroatoms.